The molecule has 1 saturated carbocycles. The van der Waals surface area contributed by atoms with E-state index in [0.717, 1.165) is 18.7 Å². The van der Waals surface area contributed by atoms with Crippen molar-refractivity contribution in [2.45, 2.75) is 45.7 Å². The molecular weight excluding hydrogens is 224 g/mol. The third-order valence-corrected chi connectivity index (χ3v) is 3.43. The Morgan fingerprint density at radius 1 is 1.44 bits per heavy atom. The Morgan fingerprint density at radius 3 is 2.89 bits per heavy atom. The lowest BCUT2D eigenvalue weighted by Crippen LogP contribution is -2.20. The molecule has 1 amide bonds. The van der Waals surface area contributed by atoms with Crippen LogP contribution in [0, 0.1) is 5.92 Å². The van der Waals surface area contributed by atoms with Crippen LogP contribution in [0.25, 0.3) is 0 Å². The van der Waals surface area contributed by atoms with E-state index >= 15 is 0 Å². The van der Waals surface area contributed by atoms with E-state index in [-0.39, 0.29) is 11.8 Å². The van der Waals surface area contributed by atoms with Gasteiger partial charge in [0, 0.05) is 24.2 Å². The van der Waals surface area contributed by atoms with Crippen molar-refractivity contribution in [3.05, 3.63) is 29.8 Å². The fourth-order valence-corrected chi connectivity index (χ4v) is 1.76. The molecule has 18 heavy (non-hydrogen) atoms. The maximum absolute atomic E-state index is 11.8. The predicted octanol–water partition coefficient (Wildman–Crippen LogP) is 2.92. The largest absolute Gasteiger partial charge is 0.326 e. The Kier molecular flexibility index (Phi) is 4.37. The van der Waals surface area contributed by atoms with Crippen LogP contribution >= 0.6 is 0 Å². The van der Waals surface area contributed by atoms with Gasteiger partial charge in [0.25, 0.3) is 0 Å². The van der Waals surface area contributed by atoms with E-state index in [4.69, 9.17) is 0 Å². The summed E-state index contributed by atoms with van der Waals surface area (Å²) in [6.07, 6.45) is 3.46. The summed E-state index contributed by atoms with van der Waals surface area (Å²) in [6.45, 7) is 4.87. The summed E-state index contributed by atoms with van der Waals surface area (Å²) in [7, 11) is 0. The maximum Gasteiger partial charge on any atom is 0.227 e. The molecule has 2 rings (SSSR count). The van der Waals surface area contributed by atoms with Crippen molar-refractivity contribution in [2.75, 3.05) is 5.32 Å². The molecule has 0 saturated heterocycles. The van der Waals surface area contributed by atoms with Crippen molar-refractivity contribution in [1.82, 2.24) is 5.32 Å². The molecule has 1 atom stereocenters. The van der Waals surface area contributed by atoms with Crippen LogP contribution in [-0.2, 0) is 11.3 Å². The fourth-order valence-electron chi connectivity index (χ4n) is 1.76. The number of carbonyl (C=O) groups is 1. The molecule has 0 bridgehead atoms. The Bertz CT molecular complexity index is 413. The lowest BCUT2D eigenvalue weighted by atomic mass is 10.1. The second kappa shape index (κ2) is 6.01. The minimum atomic E-state index is 0.0678. The first-order valence-corrected chi connectivity index (χ1v) is 6.82. The minimum Gasteiger partial charge on any atom is -0.326 e. The van der Waals surface area contributed by atoms with Gasteiger partial charge in [0.05, 0.1) is 0 Å². The van der Waals surface area contributed by atoms with Crippen LogP contribution in [0.1, 0.15) is 38.7 Å². The van der Waals surface area contributed by atoms with E-state index in [0.29, 0.717) is 6.04 Å². The van der Waals surface area contributed by atoms with E-state index in [1.165, 1.54) is 18.4 Å². The monoisotopic (exact) mass is 246 g/mol. The topological polar surface area (TPSA) is 41.1 Å². The van der Waals surface area contributed by atoms with Crippen molar-refractivity contribution >= 4 is 11.6 Å². The number of hydrogen-bond donors (Lipinski definition) is 2. The smallest absolute Gasteiger partial charge is 0.227 e. The predicted molar refractivity (Wildman–Crippen MR) is 74.4 cm³/mol. The molecule has 3 heteroatoms. The summed E-state index contributed by atoms with van der Waals surface area (Å²) in [6, 6.07) is 8.80. The van der Waals surface area contributed by atoms with Gasteiger partial charge in [-0.15, -0.1) is 0 Å². The number of carbonyl (C=O) groups excluding carboxylic acids is 1. The van der Waals surface area contributed by atoms with Gasteiger partial charge in [-0.2, -0.15) is 0 Å². The van der Waals surface area contributed by atoms with Gasteiger partial charge in [-0.25, -0.2) is 0 Å². The molecule has 0 aromatic heterocycles. The summed E-state index contributed by atoms with van der Waals surface area (Å²) >= 11 is 0. The van der Waals surface area contributed by atoms with Crippen LogP contribution < -0.4 is 10.6 Å². The number of hydrogen-bond acceptors (Lipinski definition) is 2. The Labute approximate surface area is 109 Å². The zero-order valence-electron chi connectivity index (χ0n) is 11.2. The van der Waals surface area contributed by atoms with Gasteiger partial charge in [-0.05, 0) is 37.0 Å². The van der Waals surface area contributed by atoms with Gasteiger partial charge < -0.3 is 10.6 Å². The highest BCUT2D eigenvalue weighted by molar-refractivity contribution is 5.92. The average Bonchev–Trinajstić information content (AvgIpc) is 3.20. The first kappa shape index (κ1) is 13.1. The molecule has 1 unspecified atom stereocenters. The average molecular weight is 246 g/mol. The summed E-state index contributed by atoms with van der Waals surface area (Å²) in [5, 5.41) is 6.44. The van der Waals surface area contributed by atoms with Gasteiger partial charge in [-0.1, -0.05) is 26.0 Å². The highest BCUT2D eigenvalue weighted by atomic mass is 16.1. The molecule has 0 heterocycles. The molecule has 1 fully saturated rings. The molecule has 1 aromatic rings. The standard InChI is InChI=1S/C15H22N2O/c1-3-11(2)15(18)17-14-6-4-5-12(9-14)10-16-13-7-8-13/h4-6,9,11,13,16H,3,7-8,10H2,1-2H3,(H,17,18). The zero-order valence-corrected chi connectivity index (χ0v) is 11.2. The molecule has 1 aromatic carbocycles. The normalized spacial score (nSPS) is 16.3. The minimum absolute atomic E-state index is 0.0678. The van der Waals surface area contributed by atoms with Crippen molar-refractivity contribution in [3.8, 4) is 0 Å². The zero-order chi connectivity index (χ0) is 13.0. The van der Waals surface area contributed by atoms with E-state index in [2.05, 4.69) is 22.8 Å². The fraction of sp³-hybridized carbons (Fsp3) is 0.533. The summed E-state index contributed by atoms with van der Waals surface area (Å²) < 4.78 is 0. The Balaban J connectivity index is 1.91. The first-order valence-electron chi connectivity index (χ1n) is 6.82. The SMILES string of the molecule is CCC(C)C(=O)Nc1cccc(CNC2CC2)c1. The van der Waals surface area contributed by atoms with Crippen LogP contribution in [0.4, 0.5) is 5.69 Å². The second-order valence-corrected chi connectivity index (χ2v) is 5.15. The van der Waals surface area contributed by atoms with Crippen molar-refractivity contribution in [1.29, 1.82) is 0 Å². The summed E-state index contributed by atoms with van der Waals surface area (Å²) in [5.74, 6) is 0.169. The van der Waals surface area contributed by atoms with Crippen LogP contribution in [0.2, 0.25) is 0 Å². The molecular formula is C15H22N2O. The van der Waals surface area contributed by atoms with Crippen molar-refractivity contribution in [3.63, 3.8) is 0 Å². The third kappa shape index (κ3) is 3.84. The van der Waals surface area contributed by atoms with Gasteiger partial charge in [-0.3, -0.25) is 4.79 Å². The van der Waals surface area contributed by atoms with E-state index in [1.807, 2.05) is 26.0 Å². The van der Waals surface area contributed by atoms with Gasteiger partial charge in [0.2, 0.25) is 5.91 Å². The highest BCUT2D eigenvalue weighted by Gasteiger charge is 2.19. The summed E-state index contributed by atoms with van der Waals surface area (Å²) in [5.41, 5.74) is 2.12. The van der Waals surface area contributed by atoms with Gasteiger partial charge in [0.1, 0.15) is 0 Å². The molecule has 98 valence electrons. The van der Waals surface area contributed by atoms with Crippen LogP contribution in [0.5, 0.6) is 0 Å². The van der Waals surface area contributed by atoms with Crippen LogP contribution in [0.15, 0.2) is 24.3 Å². The van der Waals surface area contributed by atoms with Crippen LogP contribution in [0.3, 0.4) is 0 Å². The second-order valence-electron chi connectivity index (χ2n) is 5.15. The molecule has 1 aliphatic carbocycles. The molecule has 2 N–H and O–H groups in total. The number of rotatable bonds is 6. The number of benzene rings is 1. The van der Waals surface area contributed by atoms with E-state index in [9.17, 15) is 4.79 Å². The highest BCUT2D eigenvalue weighted by Crippen LogP contribution is 2.20. The molecule has 0 spiro atoms. The van der Waals surface area contributed by atoms with E-state index in [1.54, 1.807) is 0 Å². The lowest BCUT2D eigenvalue weighted by Gasteiger charge is -2.11. The molecule has 1 aliphatic rings. The van der Waals surface area contributed by atoms with Crippen LogP contribution in [-0.4, -0.2) is 11.9 Å². The van der Waals surface area contributed by atoms with Gasteiger partial charge in [0.15, 0.2) is 0 Å². The third-order valence-electron chi connectivity index (χ3n) is 3.43. The number of nitrogens with one attached hydrogen (secondary N) is 2. The Morgan fingerprint density at radius 2 is 2.22 bits per heavy atom. The molecule has 3 nitrogen and oxygen atoms in total. The first-order chi connectivity index (χ1) is 8.69. The quantitative estimate of drug-likeness (QED) is 0.810. The molecule has 0 radical (unpaired) electrons. The number of anilines is 1. The maximum atomic E-state index is 11.8. The van der Waals surface area contributed by atoms with E-state index < -0.39 is 0 Å². The van der Waals surface area contributed by atoms with Gasteiger partial charge >= 0.3 is 0 Å². The van der Waals surface area contributed by atoms with Crippen molar-refractivity contribution in [2.24, 2.45) is 5.92 Å². The molecule has 0 aliphatic heterocycles. The number of amides is 1. The lowest BCUT2D eigenvalue weighted by molar-refractivity contribution is -0.119. The Hall–Kier alpha value is -1.35. The van der Waals surface area contributed by atoms with Crippen molar-refractivity contribution < 1.29 is 4.79 Å². The summed E-state index contributed by atoms with van der Waals surface area (Å²) in [4.78, 5) is 11.8.